The number of aromatic nitrogens is 1. The third-order valence-electron chi connectivity index (χ3n) is 5.66. The second-order valence-electron chi connectivity index (χ2n) is 8.47. The van der Waals surface area contributed by atoms with Crippen molar-refractivity contribution in [1.82, 2.24) is 14.8 Å². The highest BCUT2D eigenvalue weighted by Crippen LogP contribution is 2.16. The third-order valence-corrected chi connectivity index (χ3v) is 5.66. The number of nitrogens with two attached hydrogens (primary N) is 1. The summed E-state index contributed by atoms with van der Waals surface area (Å²) >= 11 is 0. The van der Waals surface area contributed by atoms with Crippen LogP contribution in [0.1, 0.15) is 45.2 Å². The molecule has 0 radical (unpaired) electrons. The normalized spacial score (nSPS) is 13.0. The van der Waals surface area contributed by atoms with Gasteiger partial charge < -0.3 is 36.0 Å². The number of hydrogen-bond donors (Lipinski definition) is 6. The van der Waals surface area contributed by atoms with E-state index in [0.717, 1.165) is 24.1 Å². The molecule has 1 aromatic heterocycles. The van der Waals surface area contributed by atoms with E-state index in [1.165, 1.54) is 4.90 Å². The van der Waals surface area contributed by atoms with E-state index in [2.05, 4.69) is 17.2 Å². The molecule has 0 aliphatic heterocycles. The van der Waals surface area contributed by atoms with Crippen molar-refractivity contribution in [3.05, 3.63) is 78.6 Å². The van der Waals surface area contributed by atoms with Crippen molar-refractivity contribution in [2.24, 2.45) is 5.73 Å². The maximum absolute atomic E-state index is 12.3. The van der Waals surface area contributed by atoms with Crippen molar-refractivity contribution >= 4 is 23.7 Å². The maximum atomic E-state index is 12.3. The van der Waals surface area contributed by atoms with Crippen LogP contribution in [-0.2, 0) is 9.59 Å². The van der Waals surface area contributed by atoms with E-state index < -0.39 is 30.1 Å². The predicted molar refractivity (Wildman–Crippen MR) is 151 cm³/mol. The number of aliphatic hydroxyl groups excluding tert-OH is 2. The first-order valence-electron chi connectivity index (χ1n) is 12.7. The monoisotopic (exact) mass is 526 g/mol. The third kappa shape index (κ3) is 10.7. The molecule has 7 N–H and O–H groups in total. The fourth-order valence-corrected chi connectivity index (χ4v) is 3.33. The first-order chi connectivity index (χ1) is 18.2. The van der Waals surface area contributed by atoms with Crippen LogP contribution in [0.2, 0.25) is 0 Å². The number of carbonyl (C=O) groups is 2. The van der Waals surface area contributed by atoms with Crippen molar-refractivity contribution in [1.29, 1.82) is 5.41 Å². The number of pyridine rings is 1. The first kappa shape index (κ1) is 32.3. The predicted octanol–water partition coefficient (Wildman–Crippen LogP) is 2.19. The van der Waals surface area contributed by atoms with Gasteiger partial charge in [0.1, 0.15) is 5.49 Å². The number of unbranched alkanes of at least 4 members (excludes halogenated alkanes) is 1. The van der Waals surface area contributed by atoms with Gasteiger partial charge in [0.15, 0.2) is 12.2 Å². The second-order valence-corrected chi connectivity index (χ2v) is 8.47. The molecule has 0 saturated heterocycles. The number of rotatable bonds is 13. The summed E-state index contributed by atoms with van der Waals surface area (Å²) in [4.78, 5) is 26.1. The first-order valence-corrected chi connectivity index (χ1v) is 12.7. The summed E-state index contributed by atoms with van der Waals surface area (Å²) in [5.41, 5.74) is 7.52. The molecule has 2 amide bonds. The topological polar surface area (TPSA) is 157 Å². The van der Waals surface area contributed by atoms with Crippen LogP contribution >= 0.6 is 0 Å². The number of hydrogen-bond acceptors (Lipinski definition) is 7. The van der Waals surface area contributed by atoms with E-state index >= 15 is 0 Å². The highest BCUT2D eigenvalue weighted by atomic mass is 16.3. The molecule has 1 heterocycles. The zero-order valence-electron chi connectivity index (χ0n) is 22.5. The summed E-state index contributed by atoms with van der Waals surface area (Å²) in [6, 6.07) is 12.3. The van der Waals surface area contributed by atoms with Crippen LogP contribution in [0.25, 0.3) is 6.20 Å². The number of likely N-dealkylation sites (N-methyl/N-ethyl adjacent to an activating group) is 1. The molecule has 10 heteroatoms. The maximum Gasteiger partial charge on any atom is 0.254 e. The van der Waals surface area contributed by atoms with Crippen LogP contribution in [-0.4, -0.2) is 63.3 Å². The zero-order valence-corrected chi connectivity index (χ0v) is 22.5. The van der Waals surface area contributed by atoms with Crippen LogP contribution < -0.4 is 21.9 Å². The van der Waals surface area contributed by atoms with E-state index in [9.17, 15) is 19.8 Å². The Balaban J connectivity index is 0.000000671. The number of carbonyl (C=O) groups excluding carboxylic acids is 2. The molecule has 0 aliphatic carbocycles. The summed E-state index contributed by atoms with van der Waals surface area (Å²) in [6.45, 7) is 10.4. The van der Waals surface area contributed by atoms with Gasteiger partial charge >= 0.3 is 0 Å². The lowest BCUT2D eigenvalue weighted by Gasteiger charge is -2.26. The van der Waals surface area contributed by atoms with Gasteiger partial charge in [0.2, 0.25) is 0 Å². The quantitative estimate of drug-likeness (QED) is 0.235. The highest BCUT2D eigenvalue weighted by Gasteiger charge is 2.33. The molecule has 1 aromatic carbocycles. The highest BCUT2D eigenvalue weighted by molar-refractivity contribution is 5.90. The minimum Gasteiger partial charge on any atom is -0.380 e. The lowest BCUT2D eigenvalue weighted by atomic mass is 10.1. The number of nitrogens with zero attached hydrogens (tertiary/aromatic N) is 2. The summed E-state index contributed by atoms with van der Waals surface area (Å²) < 4.78 is 1.64. The second kappa shape index (κ2) is 17.7. The molecular formula is C28H42N6O4. The number of nitrogens with one attached hydrogen (secondary N) is 3. The van der Waals surface area contributed by atoms with Crippen LogP contribution in [0.5, 0.6) is 0 Å². The van der Waals surface area contributed by atoms with Gasteiger partial charge in [-0.25, -0.2) is 0 Å². The average Bonchev–Trinajstić information content (AvgIpc) is 2.93. The standard InChI is InChI=1S/C21H34N4O4.C7H8N2/c1-4-6-14-25(5-2)21(29)19(27)18(26)20(28)24-15(3)16-8-10-17(11-9-16)23-13-7-12-22;1-2-9-6-4-3-5-7(9)8/h7-11,13,15,18-19,23,26-27H,4-6,12,14,22H2,1-3H3,(H,24,28);2-6,8H,1H2/b13-7-;. The van der Waals surface area contributed by atoms with Crippen LogP contribution in [0.15, 0.2) is 67.5 Å². The summed E-state index contributed by atoms with van der Waals surface area (Å²) in [6.07, 6.45) is 4.98. The van der Waals surface area contributed by atoms with E-state index in [4.69, 9.17) is 11.1 Å². The van der Waals surface area contributed by atoms with Gasteiger partial charge in [-0.2, -0.15) is 0 Å². The van der Waals surface area contributed by atoms with Gasteiger partial charge in [-0.3, -0.25) is 15.0 Å². The van der Waals surface area contributed by atoms with E-state index in [1.807, 2.05) is 43.3 Å². The number of amides is 2. The molecule has 2 aromatic rings. The van der Waals surface area contributed by atoms with Gasteiger partial charge in [-0.1, -0.05) is 44.2 Å². The Morgan fingerprint density at radius 2 is 1.84 bits per heavy atom. The van der Waals surface area contributed by atoms with Crippen molar-refractivity contribution in [2.45, 2.75) is 51.9 Å². The van der Waals surface area contributed by atoms with Gasteiger partial charge in [0.05, 0.1) is 6.04 Å². The number of benzene rings is 1. The molecule has 0 bridgehead atoms. The van der Waals surface area contributed by atoms with Crippen LogP contribution in [0.3, 0.4) is 0 Å². The smallest absolute Gasteiger partial charge is 0.254 e. The molecule has 3 unspecified atom stereocenters. The van der Waals surface area contributed by atoms with Gasteiger partial charge in [-0.05, 0) is 56.3 Å². The Morgan fingerprint density at radius 3 is 2.37 bits per heavy atom. The molecule has 2 rings (SSSR count). The minimum atomic E-state index is -1.83. The van der Waals surface area contributed by atoms with Gasteiger partial charge in [0, 0.05) is 37.7 Å². The molecule has 3 atom stereocenters. The molecule has 0 spiro atoms. The van der Waals surface area contributed by atoms with Crippen LogP contribution in [0.4, 0.5) is 5.69 Å². The largest absolute Gasteiger partial charge is 0.380 e. The molecule has 10 nitrogen and oxygen atoms in total. The molecule has 38 heavy (non-hydrogen) atoms. The zero-order chi connectivity index (χ0) is 28.5. The van der Waals surface area contributed by atoms with Crippen molar-refractivity contribution in [3.8, 4) is 0 Å². The minimum absolute atomic E-state index is 0.404. The van der Waals surface area contributed by atoms with E-state index in [-0.39, 0.29) is 0 Å². The van der Waals surface area contributed by atoms with Crippen molar-refractivity contribution in [3.63, 3.8) is 0 Å². The number of aliphatic hydroxyl groups is 2. The molecular weight excluding hydrogens is 484 g/mol. The summed E-state index contributed by atoms with van der Waals surface area (Å²) in [7, 11) is 0. The molecule has 0 aliphatic rings. The summed E-state index contributed by atoms with van der Waals surface area (Å²) in [5.74, 6) is -1.44. The average molecular weight is 527 g/mol. The fraction of sp³-hybridized carbons (Fsp3) is 0.393. The Hall–Kier alpha value is -3.73. The Morgan fingerprint density at radius 1 is 1.16 bits per heavy atom. The Bertz CT molecular complexity index is 1080. The summed E-state index contributed by atoms with van der Waals surface area (Å²) in [5, 5.41) is 33.3. The molecule has 0 fully saturated rings. The van der Waals surface area contributed by atoms with Crippen LogP contribution in [0, 0.1) is 5.41 Å². The van der Waals surface area contributed by atoms with Gasteiger partial charge in [0.25, 0.3) is 11.8 Å². The Labute approximate surface area is 225 Å². The van der Waals surface area contributed by atoms with Crippen molar-refractivity contribution < 1.29 is 19.8 Å². The fourth-order valence-electron chi connectivity index (χ4n) is 3.33. The molecule has 208 valence electrons. The van der Waals surface area contributed by atoms with Gasteiger partial charge in [-0.15, -0.1) is 0 Å². The Kier molecular flexibility index (Phi) is 15.0. The molecule has 0 saturated carbocycles. The van der Waals surface area contributed by atoms with E-state index in [0.29, 0.717) is 25.1 Å². The van der Waals surface area contributed by atoms with E-state index in [1.54, 1.807) is 49.2 Å². The lowest BCUT2D eigenvalue weighted by molar-refractivity contribution is -0.153. The lowest BCUT2D eigenvalue weighted by Crippen LogP contribution is -2.51. The number of anilines is 1. The van der Waals surface area contributed by atoms with Crippen molar-refractivity contribution in [2.75, 3.05) is 25.0 Å². The SMILES string of the molecule is C=Cn1ccccc1=N.CCCCN(CC)C(=O)C(O)C(O)C(=O)NC(C)c1ccc(N/C=C\CN)cc1.